The maximum absolute atomic E-state index is 12.1. The molecule has 98 valence electrons. The molecule has 1 saturated heterocycles. The molecule has 0 aromatic rings. The van der Waals surface area contributed by atoms with Gasteiger partial charge in [-0.2, -0.15) is 0 Å². The Morgan fingerprint density at radius 3 is 2.47 bits per heavy atom. The number of ketones is 1. The van der Waals surface area contributed by atoms with E-state index in [1.807, 2.05) is 0 Å². The Bertz CT molecular complexity index is 289. The van der Waals surface area contributed by atoms with Gasteiger partial charge in [0.05, 0.1) is 0 Å². The Morgan fingerprint density at radius 1 is 1.18 bits per heavy atom. The number of hydrogen-bond donors (Lipinski definition) is 0. The van der Waals surface area contributed by atoms with Crippen LogP contribution < -0.4 is 0 Å². The Balaban J connectivity index is 0.00000108. The molecular weight excluding hydrogens is 236 g/mol. The molecule has 17 heavy (non-hydrogen) atoms. The van der Waals surface area contributed by atoms with Gasteiger partial charge in [-0.3, -0.25) is 4.79 Å². The predicted octanol–water partition coefficient (Wildman–Crippen LogP) is 1.27. The summed E-state index contributed by atoms with van der Waals surface area (Å²) in [6, 6.07) is 0. The molecule has 0 aromatic carbocycles. The van der Waals surface area contributed by atoms with Crippen molar-refractivity contribution in [2.24, 2.45) is 17.8 Å². The second kappa shape index (κ2) is 5.25. The van der Waals surface area contributed by atoms with E-state index in [9.17, 15) is 4.79 Å². The van der Waals surface area contributed by atoms with Crippen molar-refractivity contribution in [3.05, 3.63) is 0 Å². The van der Waals surface area contributed by atoms with Gasteiger partial charge < -0.3 is 9.80 Å². The fourth-order valence-electron chi connectivity index (χ4n) is 3.72. The molecule has 3 atom stereocenters. The quantitative estimate of drug-likeness (QED) is 0.745. The highest BCUT2D eigenvalue weighted by molar-refractivity contribution is 5.87. The van der Waals surface area contributed by atoms with Gasteiger partial charge in [0, 0.05) is 44.6 Å². The SMILES string of the molecule is CN1CCN(CC2C(=O)C3CCC2C3)CC1.Cl. The van der Waals surface area contributed by atoms with Crippen molar-refractivity contribution in [2.45, 2.75) is 19.3 Å². The second-order valence-corrected chi connectivity index (χ2v) is 5.88. The molecule has 0 spiro atoms. The lowest BCUT2D eigenvalue weighted by Crippen LogP contribution is -2.47. The minimum atomic E-state index is 0. The van der Waals surface area contributed by atoms with Crippen molar-refractivity contribution >= 4 is 18.2 Å². The zero-order chi connectivity index (χ0) is 11.1. The van der Waals surface area contributed by atoms with Gasteiger partial charge in [0.15, 0.2) is 0 Å². The zero-order valence-corrected chi connectivity index (χ0v) is 11.4. The topological polar surface area (TPSA) is 23.6 Å². The van der Waals surface area contributed by atoms with Gasteiger partial charge >= 0.3 is 0 Å². The van der Waals surface area contributed by atoms with Gasteiger partial charge in [0.25, 0.3) is 0 Å². The Hall–Kier alpha value is -0.120. The number of carbonyl (C=O) groups is 1. The smallest absolute Gasteiger partial charge is 0.140 e. The summed E-state index contributed by atoms with van der Waals surface area (Å²) < 4.78 is 0. The third-order valence-electron chi connectivity index (χ3n) is 4.86. The molecule has 1 heterocycles. The van der Waals surface area contributed by atoms with E-state index in [1.165, 1.54) is 19.3 Å². The van der Waals surface area contributed by atoms with Gasteiger partial charge in [-0.25, -0.2) is 0 Å². The average Bonchev–Trinajstić information content (AvgIpc) is 2.85. The highest BCUT2D eigenvalue weighted by Crippen LogP contribution is 2.46. The van der Waals surface area contributed by atoms with Gasteiger partial charge in [0.2, 0.25) is 0 Å². The van der Waals surface area contributed by atoms with Crippen molar-refractivity contribution in [3.8, 4) is 0 Å². The van der Waals surface area contributed by atoms with Crippen LogP contribution in [-0.2, 0) is 4.79 Å². The van der Waals surface area contributed by atoms with Crippen LogP contribution in [0, 0.1) is 17.8 Å². The van der Waals surface area contributed by atoms with Crippen molar-refractivity contribution in [3.63, 3.8) is 0 Å². The van der Waals surface area contributed by atoms with Gasteiger partial charge in [-0.15, -0.1) is 12.4 Å². The first kappa shape index (κ1) is 13.3. The first-order valence-electron chi connectivity index (χ1n) is 6.68. The van der Waals surface area contributed by atoms with Crippen LogP contribution in [0.25, 0.3) is 0 Å². The number of piperazine rings is 1. The van der Waals surface area contributed by atoms with Crippen LogP contribution >= 0.6 is 12.4 Å². The first-order chi connectivity index (χ1) is 7.74. The first-order valence-corrected chi connectivity index (χ1v) is 6.68. The van der Waals surface area contributed by atoms with Gasteiger partial charge in [-0.1, -0.05) is 0 Å². The molecule has 0 radical (unpaired) electrons. The van der Waals surface area contributed by atoms with E-state index in [-0.39, 0.29) is 12.4 Å². The molecule has 3 rings (SSSR count). The molecular formula is C13H23ClN2O. The summed E-state index contributed by atoms with van der Waals surface area (Å²) in [5.74, 6) is 2.16. The van der Waals surface area contributed by atoms with E-state index in [0.29, 0.717) is 17.6 Å². The fraction of sp³-hybridized carbons (Fsp3) is 0.923. The lowest BCUT2D eigenvalue weighted by molar-refractivity contribution is -0.126. The Labute approximate surface area is 110 Å². The molecule has 0 amide bonds. The molecule has 4 heteroatoms. The summed E-state index contributed by atoms with van der Waals surface area (Å²) in [6.07, 6.45) is 3.70. The van der Waals surface area contributed by atoms with Crippen molar-refractivity contribution < 1.29 is 4.79 Å². The number of likely N-dealkylation sites (N-methyl/N-ethyl adjacent to an activating group) is 1. The monoisotopic (exact) mass is 258 g/mol. The van der Waals surface area contributed by atoms with Crippen LogP contribution in [0.3, 0.4) is 0 Å². The standard InChI is InChI=1S/C13H22N2O.ClH/c1-14-4-6-15(7-5-14)9-12-10-2-3-11(8-10)13(12)16;/h10-12H,2-9H2,1H3;1H. The van der Waals surface area contributed by atoms with E-state index in [1.54, 1.807) is 0 Å². The molecule has 3 unspecified atom stereocenters. The maximum atomic E-state index is 12.1. The number of rotatable bonds is 2. The number of halogens is 1. The van der Waals surface area contributed by atoms with Crippen molar-refractivity contribution in [1.82, 2.24) is 9.80 Å². The van der Waals surface area contributed by atoms with Crippen LogP contribution in [0.4, 0.5) is 0 Å². The number of nitrogens with zero attached hydrogens (tertiary/aromatic N) is 2. The minimum absolute atomic E-state index is 0. The van der Waals surface area contributed by atoms with E-state index < -0.39 is 0 Å². The lowest BCUT2D eigenvalue weighted by atomic mass is 9.87. The van der Waals surface area contributed by atoms with Crippen molar-refractivity contribution in [1.29, 1.82) is 0 Å². The summed E-state index contributed by atoms with van der Waals surface area (Å²) in [6.45, 7) is 5.67. The lowest BCUT2D eigenvalue weighted by Gasteiger charge is -2.35. The molecule has 3 fully saturated rings. The largest absolute Gasteiger partial charge is 0.304 e. The summed E-state index contributed by atoms with van der Waals surface area (Å²) >= 11 is 0. The molecule has 2 aliphatic carbocycles. The molecule has 0 aromatic heterocycles. The minimum Gasteiger partial charge on any atom is -0.304 e. The van der Waals surface area contributed by atoms with Crippen LogP contribution in [0.2, 0.25) is 0 Å². The van der Waals surface area contributed by atoms with E-state index >= 15 is 0 Å². The van der Waals surface area contributed by atoms with Gasteiger partial charge in [0.1, 0.15) is 5.78 Å². The zero-order valence-electron chi connectivity index (χ0n) is 10.6. The summed E-state index contributed by atoms with van der Waals surface area (Å²) in [5, 5.41) is 0. The number of carbonyl (C=O) groups excluding carboxylic acids is 1. The second-order valence-electron chi connectivity index (χ2n) is 5.88. The van der Waals surface area contributed by atoms with E-state index in [0.717, 1.165) is 38.6 Å². The summed E-state index contributed by atoms with van der Waals surface area (Å²) in [5.41, 5.74) is 0. The Morgan fingerprint density at radius 2 is 1.88 bits per heavy atom. The number of hydrogen-bond acceptors (Lipinski definition) is 3. The van der Waals surface area contributed by atoms with E-state index in [4.69, 9.17) is 0 Å². The van der Waals surface area contributed by atoms with Crippen molar-refractivity contribution in [2.75, 3.05) is 39.8 Å². The maximum Gasteiger partial charge on any atom is 0.140 e. The third-order valence-corrected chi connectivity index (χ3v) is 4.86. The van der Waals surface area contributed by atoms with E-state index in [2.05, 4.69) is 16.8 Å². The predicted molar refractivity (Wildman–Crippen MR) is 70.5 cm³/mol. The van der Waals surface area contributed by atoms with Crippen LogP contribution in [-0.4, -0.2) is 55.4 Å². The number of fused-ring (bicyclic) bond motifs is 2. The molecule has 1 aliphatic heterocycles. The molecule has 2 saturated carbocycles. The fourth-order valence-corrected chi connectivity index (χ4v) is 3.72. The van der Waals surface area contributed by atoms with Crippen LogP contribution in [0.5, 0.6) is 0 Å². The molecule has 0 N–H and O–H groups in total. The van der Waals surface area contributed by atoms with Gasteiger partial charge in [-0.05, 0) is 32.2 Å². The summed E-state index contributed by atoms with van der Waals surface area (Å²) in [4.78, 5) is 16.9. The van der Waals surface area contributed by atoms with Crippen LogP contribution in [0.15, 0.2) is 0 Å². The normalized spacial score (nSPS) is 38.4. The molecule has 3 nitrogen and oxygen atoms in total. The Kier molecular flexibility index (Phi) is 4.11. The average molecular weight is 259 g/mol. The highest BCUT2D eigenvalue weighted by Gasteiger charge is 2.46. The number of Topliss-reactive ketones (excluding diaryl/α,β-unsaturated/α-hetero) is 1. The third kappa shape index (κ3) is 2.51. The molecule has 3 aliphatic rings. The summed E-state index contributed by atoms with van der Waals surface area (Å²) in [7, 11) is 2.18. The highest BCUT2D eigenvalue weighted by atomic mass is 35.5. The van der Waals surface area contributed by atoms with Crippen LogP contribution in [0.1, 0.15) is 19.3 Å². The molecule has 2 bridgehead atoms.